The van der Waals surface area contributed by atoms with E-state index in [-0.39, 0.29) is 18.2 Å². The van der Waals surface area contributed by atoms with Gasteiger partial charge in [-0.15, -0.1) is 11.8 Å². The van der Waals surface area contributed by atoms with Crippen LogP contribution in [0.15, 0.2) is 41.3 Å². The summed E-state index contributed by atoms with van der Waals surface area (Å²) in [6, 6.07) is 9.01. The fourth-order valence-electron chi connectivity index (χ4n) is 3.99. The molecule has 9 heteroatoms. The number of nitrogens with zero attached hydrogens (tertiary/aromatic N) is 1. The molecule has 0 saturated heterocycles. The van der Waals surface area contributed by atoms with Gasteiger partial charge in [0.25, 0.3) is 0 Å². The van der Waals surface area contributed by atoms with Crippen LogP contribution in [0.4, 0.5) is 5.69 Å². The van der Waals surface area contributed by atoms with Crippen molar-refractivity contribution >= 4 is 46.4 Å². The van der Waals surface area contributed by atoms with E-state index in [2.05, 4.69) is 5.32 Å². The molecule has 4 rings (SSSR count). The van der Waals surface area contributed by atoms with Crippen molar-refractivity contribution in [2.75, 3.05) is 39.7 Å². The molecule has 1 N–H and O–H groups in total. The van der Waals surface area contributed by atoms with E-state index >= 15 is 0 Å². The molecule has 2 aromatic rings. The Hall–Kier alpha value is -2.84. The fourth-order valence-corrected chi connectivity index (χ4v) is 5.24. The maximum absolute atomic E-state index is 13.0. The van der Waals surface area contributed by atoms with Gasteiger partial charge >= 0.3 is 0 Å². The summed E-state index contributed by atoms with van der Waals surface area (Å²) in [4.78, 5) is 28.2. The zero-order chi connectivity index (χ0) is 23.5. The predicted molar refractivity (Wildman–Crippen MR) is 130 cm³/mol. The molecule has 2 aliphatic heterocycles. The molecule has 0 unspecified atom stereocenters. The molecular weight excluding hydrogens is 464 g/mol. The summed E-state index contributed by atoms with van der Waals surface area (Å²) in [6.45, 7) is 1.01. The van der Waals surface area contributed by atoms with Crippen LogP contribution < -0.4 is 19.5 Å². The van der Waals surface area contributed by atoms with Gasteiger partial charge in [-0.05, 0) is 30.2 Å². The fraction of sp³-hybridized carbons (Fsp3) is 0.333. The number of hydrogen-bond donors (Lipinski definition) is 1. The van der Waals surface area contributed by atoms with E-state index in [0.717, 1.165) is 16.0 Å². The monoisotopic (exact) mass is 488 g/mol. The maximum Gasteiger partial charge on any atom is 0.238 e. The van der Waals surface area contributed by atoms with Crippen LogP contribution in [0.25, 0.3) is 5.57 Å². The molecule has 2 amide bonds. The molecule has 7 nitrogen and oxygen atoms in total. The van der Waals surface area contributed by atoms with Crippen LogP contribution in [-0.4, -0.2) is 56.4 Å². The highest BCUT2D eigenvalue weighted by atomic mass is 35.5. The Kier molecular flexibility index (Phi) is 7.05. The topological polar surface area (TPSA) is 77.1 Å². The number of benzene rings is 2. The van der Waals surface area contributed by atoms with Gasteiger partial charge in [0.15, 0.2) is 0 Å². The number of carbonyl (C=O) groups is 2. The molecule has 0 aliphatic carbocycles. The van der Waals surface area contributed by atoms with E-state index in [0.29, 0.717) is 47.5 Å². The smallest absolute Gasteiger partial charge is 0.238 e. The van der Waals surface area contributed by atoms with E-state index in [1.54, 1.807) is 38.4 Å². The van der Waals surface area contributed by atoms with Crippen LogP contribution in [0.5, 0.6) is 17.2 Å². The lowest BCUT2D eigenvalue weighted by atomic mass is 9.97. The van der Waals surface area contributed by atoms with E-state index < -0.39 is 5.25 Å². The first-order valence-electron chi connectivity index (χ1n) is 10.5. The summed E-state index contributed by atoms with van der Waals surface area (Å²) < 4.78 is 16.5. The van der Waals surface area contributed by atoms with Gasteiger partial charge in [-0.25, -0.2) is 0 Å². The SMILES string of the molecule is COc1cc(OC)c(C2=CCN(C(=O)C[C@@H]3Sc4ccc(Cl)cc4NC3=O)CC2)c(OC)c1. The summed E-state index contributed by atoms with van der Waals surface area (Å²) in [6.07, 6.45) is 2.80. The van der Waals surface area contributed by atoms with Gasteiger partial charge in [0.1, 0.15) is 17.2 Å². The number of amides is 2. The van der Waals surface area contributed by atoms with Gasteiger partial charge in [0.2, 0.25) is 11.8 Å². The van der Waals surface area contributed by atoms with Crippen molar-refractivity contribution in [1.29, 1.82) is 0 Å². The van der Waals surface area contributed by atoms with Crippen molar-refractivity contribution in [3.63, 3.8) is 0 Å². The molecule has 0 saturated carbocycles. The Labute approximate surface area is 202 Å². The number of hydrogen-bond acceptors (Lipinski definition) is 6. The minimum Gasteiger partial charge on any atom is -0.496 e. The maximum atomic E-state index is 13.0. The van der Waals surface area contributed by atoms with Crippen LogP contribution in [0.3, 0.4) is 0 Å². The number of fused-ring (bicyclic) bond motifs is 1. The summed E-state index contributed by atoms with van der Waals surface area (Å²) in [5, 5.41) is 2.94. The van der Waals surface area contributed by atoms with E-state index in [4.69, 9.17) is 25.8 Å². The zero-order valence-electron chi connectivity index (χ0n) is 18.6. The number of nitrogens with one attached hydrogen (secondary N) is 1. The van der Waals surface area contributed by atoms with Crippen LogP contribution >= 0.6 is 23.4 Å². The minimum atomic E-state index is -0.474. The van der Waals surface area contributed by atoms with Crippen LogP contribution in [-0.2, 0) is 9.59 Å². The van der Waals surface area contributed by atoms with Gasteiger partial charge in [0, 0.05) is 41.6 Å². The van der Waals surface area contributed by atoms with Gasteiger partial charge in [0.05, 0.1) is 37.8 Å². The van der Waals surface area contributed by atoms with Gasteiger partial charge < -0.3 is 24.4 Å². The lowest BCUT2D eigenvalue weighted by Gasteiger charge is -2.30. The Morgan fingerprint density at radius 2 is 1.88 bits per heavy atom. The molecular formula is C24H25ClN2O5S. The van der Waals surface area contributed by atoms with Crippen molar-refractivity contribution in [1.82, 2.24) is 4.90 Å². The lowest BCUT2D eigenvalue weighted by molar-refractivity contribution is -0.132. The van der Waals surface area contributed by atoms with E-state index in [1.165, 1.54) is 11.8 Å². The average Bonchev–Trinajstić information content (AvgIpc) is 2.83. The molecule has 1 atom stereocenters. The van der Waals surface area contributed by atoms with Crippen molar-refractivity contribution in [3.8, 4) is 17.2 Å². The quantitative estimate of drug-likeness (QED) is 0.645. The third-order valence-electron chi connectivity index (χ3n) is 5.72. The first kappa shape index (κ1) is 23.3. The molecule has 33 heavy (non-hydrogen) atoms. The van der Waals surface area contributed by atoms with Crippen molar-refractivity contribution in [3.05, 3.63) is 47.0 Å². The third kappa shape index (κ3) is 4.91. The molecule has 0 bridgehead atoms. The number of carbonyl (C=O) groups excluding carboxylic acids is 2. The number of thioether (sulfide) groups is 1. The van der Waals surface area contributed by atoms with Crippen molar-refractivity contribution < 1.29 is 23.8 Å². The highest BCUT2D eigenvalue weighted by Gasteiger charge is 2.31. The summed E-state index contributed by atoms with van der Waals surface area (Å²) in [5.74, 6) is 1.73. The molecule has 0 aromatic heterocycles. The minimum absolute atomic E-state index is 0.0518. The third-order valence-corrected chi connectivity index (χ3v) is 7.23. The number of halogens is 1. The molecule has 2 aromatic carbocycles. The summed E-state index contributed by atoms with van der Waals surface area (Å²) >= 11 is 7.41. The number of methoxy groups -OCH3 is 3. The molecule has 174 valence electrons. The average molecular weight is 489 g/mol. The Morgan fingerprint density at radius 1 is 1.15 bits per heavy atom. The second-order valence-electron chi connectivity index (χ2n) is 7.67. The number of rotatable bonds is 6. The number of anilines is 1. The highest BCUT2D eigenvalue weighted by Crippen LogP contribution is 2.41. The van der Waals surface area contributed by atoms with Crippen molar-refractivity contribution in [2.24, 2.45) is 0 Å². The summed E-state index contributed by atoms with van der Waals surface area (Å²) in [5.41, 5.74) is 2.60. The van der Waals surface area contributed by atoms with Crippen LogP contribution in [0, 0.1) is 0 Å². The van der Waals surface area contributed by atoms with Gasteiger partial charge in [-0.1, -0.05) is 17.7 Å². The van der Waals surface area contributed by atoms with Crippen LogP contribution in [0.1, 0.15) is 18.4 Å². The largest absolute Gasteiger partial charge is 0.496 e. The Morgan fingerprint density at radius 3 is 2.48 bits per heavy atom. The predicted octanol–water partition coefficient (Wildman–Crippen LogP) is 4.48. The first-order chi connectivity index (χ1) is 15.9. The van der Waals surface area contributed by atoms with Crippen LogP contribution in [0.2, 0.25) is 5.02 Å². The van der Waals surface area contributed by atoms with Crippen molar-refractivity contribution in [2.45, 2.75) is 23.0 Å². The van der Waals surface area contributed by atoms with Gasteiger partial charge in [-0.2, -0.15) is 0 Å². The second-order valence-corrected chi connectivity index (χ2v) is 9.35. The zero-order valence-corrected chi connectivity index (χ0v) is 20.2. The standard InChI is InChI=1S/C24H25ClN2O5S/c1-30-16-11-18(31-2)23(19(12-16)32-3)14-6-8-27(9-7-14)22(28)13-21-24(29)26-17-10-15(25)4-5-20(17)33-21/h4-6,10-12,21H,7-9,13H2,1-3H3,(H,26,29)/t21-/m0/s1. The Balaban J connectivity index is 1.46. The van der Waals surface area contributed by atoms with E-state index in [1.807, 2.05) is 24.3 Å². The normalized spacial score (nSPS) is 17.6. The molecule has 0 spiro atoms. The van der Waals surface area contributed by atoms with E-state index in [9.17, 15) is 9.59 Å². The summed E-state index contributed by atoms with van der Waals surface area (Å²) in [7, 11) is 4.81. The molecule has 2 aliphatic rings. The second kappa shape index (κ2) is 9.97. The van der Waals surface area contributed by atoms with Gasteiger partial charge in [-0.3, -0.25) is 9.59 Å². The highest BCUT2D eigenvalue weighted by molar-refractivity contribution is 8.01. The Bertz CT molecular complexity index is 1100. The molecule has 0 fully saturated rings. The molecule has 0 radical (unpaired) electrons. The first-order valence-corrected chi connectivity index (χ1v) is 11.7. The molecule has 2 heterocycles. The number of ether oxygens (including phenoxy) is 3. The lowest BCUT2D eigenvalue weighted by Crippen LogP contribution is -2.39.